The Morgan fingerprint density at radius 3 is 1.96 bits per heavy atom. The van der Waals surface area contributed by atoms with E-state index in [0.29, 0.717) is 32.4 Å². The molecule has 1 aliphatic heterocycles. The second-order valence-electron chi connectivity index (χ2n) is 9.57. The van der Waals surface area contributed by atoms with Crippen LogP contribution in [0.3, 0.4) is 0 Å². The van der Waals surface area contributed by atoms with Gasteiger partial charge >= 0.3 is 0 Å². The standard InChI is InChI=1S/C19H31N3O4S/c1-27(25,26)22-4-2-16(3-5-22)18(24)21-20-17(23)12-19-9-13-6-14(10-19)8-15(7-13)11-19/h13-16H,2-12H2,1H3,(H,20,23)(H,21,24). The van der Waals surface area contributed by atoms with Crippen molar-refractivity contribution in [1.82, 2.24) is 15.2 Å². The molecule has 0 spiro atoms. The number of nitrogens with zero attached hydrogens (tertiary/aromatic N) is 1. The predicted octanol–water partition coefficient (Wildman–Crippen LogP) is 1.41. The monoisotopic (exact) mass is 397 g/mol. The molecule has 152 valence electrons. The fraction of sp³-hybridized carbons (Fsp3) is 0.895. The highest BCUT2D eigenvalue weighted by molar-refractivity contribution is 7.88. The van der Waals surface area contributed by atoms with Gasteiger partial charge in [0, 0.05) is 25.4 Å². The van der Waals surface area contributed by atoms with Gasteiger partial charge in [-0.1, -0.05) is 0 Å². The first kappa shape index (κ1) is 19.2. The summed E-state index contributed by atoms with van der Waals surface area (Å²) in [5, 5.41) is 0. The summed E-state index contributed by atoms with van der Waals surface area (Å²) >= 11 is 0. The molecule has 8 heteroatoms. The summed E-state index contributed by atoms with van der Waals surface area (Å²) in [5.41, 5.74) is 5.36. The van der Waals surface area contributed by atoms with Gasteiger partial charge in [0.1, 0.15) is 0 Å². The molecule has 4 saturated carbocycles. The molecule has 5 fully saturated rings. The first-order valence-electron chi connectivity index (χ1n) is 10.3. The Labute approximate surface area is 161 Å². The zero-order chi connectivity index (χ0) is 19.2. The van der Waals surface area contributed by atoms with E-state index in [1.54, 1.807) is 0 Å². The van der Waals surface area contributed by atoms with Crippen LogP contribution in [0.1, 0.15) is 57.8 Å². The van der Waals surface area contributed by atoms with E-state index in [4.69, 9.17) is 0 Å². The Kier molecular flexibility index (Phi) is 4.99. The van der Waals surface area contributed by atoms with Crippen LogP contribution in [0.25, 0.3) is 0 Å². The summed E-state index contributed by atoms with van der Waals surface area (Å²) in [5.74, 6) is 1.87. The van der Waals surface area contributed by atoms with Crippen molar-refractivity contribution in [3.05, 3.63) is 0 Å². The van der Waals surface area contributed by atoms with Gasteiger partial charge in [0.15, 0.2) is 0 Å². The molecule has 0 radical (unpaired) electrons. The molecule has 0 aromatic carbocycles. The van der Waals surface area contributed by atoms with E-state index in [1.807, 2.05) is 0 Å². The first-order valence-corrected chi connectivity index (χ1v) is 12.1. The van der Waals surface area contributed by atoms with E-state index < -0.39 is 10.0 Å². The molecule has 27 heavy (non-hydrogen) atoms. The van der Waals surface area contributed by atoms with Crippen LogP contribution in [0.15, 0.2) is 0 Å². The smallest absolute Gasteiger partial charge is 0.241 e. The number of piperidine rings is 1. The zero-order valence-corrected chi connectivity index (χ0v) is 16.9. The maximum atomic E-state index is 12.5. The summed E-state index contributed by atoms with van der Waals surface area (Å²) in [6.07, 6.45) is 10.3. The molecule has 4 aliphatic carbocycles. The molecule has 0 aromatic heterocycles. The third-order valence-corrected chi connectivity index (χ3v) is 8.62. The average molecular weight is 398 g/mol. The Morgan fingerprint density at radius 1 is 0.963 bits per heavy atom. The number of carbonyl (C=O) groups is 2. The second kappa shape index (κ2) is 7.03. The number of rotatable bonds is 4. The van der Waals surface area contributed by atoms with E-state index in [-0.39, 0.29) is 23.1 Å². The van der Waals surface area contributed by atoms with Gasteiger partial charge in [0.2, 0.25) is 21.8 Å². The van der Waals surface area contributed by atoms with Gasteiger partial charge in [-0.25, -0.2) is 12.7 Å². The lowest BCUT2D eigenvalue weighted by atomic mass is 9.49. The summed E-state index contributed by atoms with van der Waals surface area (Å²) in [4.78, 5) is 24.8. The third-order valence-electron chi connectivity index (χ3n) is 7.32. The maximum absolute atomic E-state index is 12.5. The van der Waals surface area contributed by atoms with Crippen molar-refractivity contribution in [1.29, 1.82) is 0 Å². The molecule has 4 bridgehead atoms. The highest BCUT2D eigenvalue weighted by Crippen LogP contribution is 2.61. The fourth-order valence-electron chi connectivity index (χ4n) is 6.57. The lowest BCUT2D eigenvalue weighted by Crippen LogP contribution is -2.51. The van der Waals surface area contributed by atoms with Crippen molar-refractivity contribution in [3.8, 4) is 0 Å². The van der Waals surface area contributed by atoms with Crippen molar-refractivity contribution in [3.63, 3.8) is 0 Å². The summed E-state index contributed by atoms with van der Waals surface area (Å²) in [6, 6.07) is 0. The van der Waals surface area contributed by atoms with Crippen LogP contribution in [0.5, 0.6) is 0 Å². The lowest BCUT2D eigenvalue weighted by Gasteiger charge is -2.56. The number of sulfonamides is 1. The zero-order valence-electron chi connectivity index (χ0n) is 16.1. The highest BCUT2D eigenvalue weighted by Gasteiger charge is 2.51. The number of hydrogen-bond acceptors (Lipinski definition) is 4. The average Bonchev–Trinajstić information content (AvgIpc) is 2.57. The first-order chi connectivity index (χ1) is 12.7. The Bertz CT molecular complexity index is 677. The van der Waals surface area contributed by atoms with Crippen LogP contribution in [0.4, 0.5) is 0 Å². The Balaban J connectivity index is 1.24. The SMILES string of the molecule is CS(=O)(=O)N1CCC(C(=O)NNC(=O)CC23CC4CC(CC(C4)C2)C3)CC1. The molecular weight excluding hydrogens is 366 g/mol. The predicted molar refractivity (Wildman–Crippen MR) is 101 cm³/mol. The van der Waals surface area contributed by atoms with Gasteiger partial charge in [-0.15, -0.1) is 0 Å². The van der Waals surface area contributed by atoms with E-state index in [1.165, 1.54) is 49.1 Å². The van der Waals surface area contributed by atoms with E-state index in [0.717, 1.165) is 17.8 Å². The molecular formula is C19H31N3O4S. The molecule has 5 rings (SSSR count). The van der Waals surface area contributed by atoms with Crippen molar-refractivity contribution in [2.45, 2.75) is 57.8 Å². The maximum Gasteiger partial charge on any atom is 0.241 e. The van der Waals surface area contributed by atoms with Crippen LogP contribution in [-0.2, 0) is 19.6 Å². The van der Waals surface area contributed by atoms with Crippen LogP contribution >= 0.6 is 0 Å². The van der Waals surface area contributed by atoms with Gasteiger partial charge in [-0.3, -0.25) is 20.4 Å². The number of nitrogens with one attached hydrogen (secondary N) is 2. The normalized spacial score (nSPS) is 36.6. The summed E-state index contributed by atoms with van der Waals surface area (Å²) in [6.45, 7) is 0.719. The Hall–Kier alpha value is -1.15. The van der Waals surface area contributed by atoms with Gasteiger partial charge in [0.05, 0.1) is 6.26 Å². The molecule has 5 aliphatic rings. The minimum Gasteiger partial charge on any atom is -0.273 e. The molecule has 0 unspecified atom stereocenters. The molecule has 7 nitrogen and oxygen atoms in total. The van der Waals surface area contributed by atoms with E-state index >= 15 is 0 Å². The summed E-state index contributed by atoms with van der Waals surface area (Å²) < 4.78 is 24.5. The lowest BCUT2D eigenvalue weighted by molar-refractivity contribution is -0.136. The third kappa shape index (κ3) is 4.16. The minimum absolute atomic E-state index is 0.0844. The van der Waals surface area contributed by atoms with Gasteiger partial charge in [0.25, 0.3) is 0 Å². The van der Waals surface area contributed by atoms with E-state index in [2.05, 4.69) is 10.9 Å². The van der Waals surface area contributed by atoms with Gasteiger partial charge < -0.3 is 0 Å². The van der Waals surface area contributed by atoms with Gasteiger partial charge in [-0.2, -0.15) is 0 Å². The minimum atomic E-state index is -3.20. The molecule has 2 N–H and O–H groups in total. The Morgan fingerprint density at radius 2 is 1.48 bits per heavy atom. The van der Waals surface area contributed by atoms with Crippen LogP contribution in [0, 0.1) is 29.1 Å². The number of hydrogen-bond donors (Lipinski definition) is 2. The molecule has 1 heterocycles. The summed E-state index contributed by atoms with van der Waals surface area (Å²) in [7, 11) is -3.20. The van der Waals surface area contributed by atoms with Crippen molar-refractivity contribution >= 4 is 21.8 Å². The van der Waals surface area contributed by atoms with Crippen LogP contribution < -0.4 is 10.9 Å². The molecule has 0 atom stereocenters. The second-order valence-corrected chi connectivity index (χ2v) is 11.6. The highest BCUT2D eigenvalue weighted by atomic mass is 32.2. The van der Waals surface area contributed by atoms with Crippen molar-refractivity contribution < 1.29 is 18.0 Å². The van der Waals surface area contributed by atoms with E-state index in [9.17, 15) is 18.0 Å². The molecule has 2 amide bonds. The van der Waals surface area contributed by atoms with Crippen molar-refractivity contribution in [2.24, 2.45) is 29.1 Å². The number of hydrazine groups is 1. The number of carbonyl (C=O) groups excluding carboxylic acids is 2. The molecule has 1 saturated heterocycles. The molecule has 0 aromatic rings. The van der Waals surface area contributed by atoms with Crippen LogP contribution in [-0.4, -0.2) is 43.9 Å². The van der Waals surface area contributed by atoms with Gasteiger partial charge in [-0.05, 0) is 74.5 Å². The van der Waals surface area contributed by atoms with Crippen LogP contribution in [0.2, 0.25) is 0 Å². The fourth-order valence-corrected chi connectivity index (χ4v) is 7.45. The topological polar surface area (TPSA) is 95.6 Å². The largest absolute Gasteiger partial charge is 0.273 e. The number of amides is 2. The van der Waals surface area contributed by atoms with Crippen molar-refractivity contribution in [2.75, 3.05) is 19.3 Å². The quantitative estimate of drug-likeness (QED) is 0.701.